The van der Waals surface area contributed by atoms with Crippen molar-refractivity contribution in [2.75, 3.05) is 62.2 Å². The number of amides is 2. The average molecular weight is 456 g/mol. The smallest absolute Gasteiger partial charge is 0.273 e. The number of nitrogens with zero attached hydrogens (tertiary/aromatic N) is 7. The lowest BCUT2D eigenvalue weighted by molar-refractivity contribution is -0.129. The molecule has 0 aliphatic carbocycles. The van der Waals surface area contributed by atoms with Crippen LogP contribution in [0.25, 0.3) is 0 Å². The first-order valence-corrected chi connectivity index (χ1v) is 12.6. The van der Waals surface area contributed by atoms with Crippen LogP contribution >= 0.6 is 0 Å². The van der Waals surface area contributed by atoms with E-state index in [4.69, 9.17) is 9.97 Å². The Kier molecular flexibility index (Phi) is 6.16. The van der Waals surface area contributed by atoms with Gasteiger partial charge in [0.15, 0.2) is 0 Å². The van der Waals surface area contributed by atoms with Gasteiger partial charge in [0.05, 0.1) is 6.54 Å². The van der Waals surface area contributed by atoms with Crippen LogP contribution in [0.5, 0.6) is 0 Å². The number of piperazine rings is 1. The summed E-state index contributed by atoms with van der Waals surface area (Å²) < 4.78 is 0. The molecule has 4 aliphatic heterocycles. The third-order valence-electron chi connectivity index (χ3n) is 7.71. The van der Waals surface area contributed by atoms with Gasteiger partial charge in [0.2, 0.25) is 11.9 Å². The molecule has 180 valence electrons. The Bertz CT molecular complexity index is 906. The lowest BCUT2D eigenvalue weighted by atomic mass is 10.2. The molecule has 1 atom stereocenters. The van der Waals surface area contributed by atoms with E-state index in [1.54, 1.807) is 6.92 Å². The van der Waals surface area contributed by atoms with Crippen molar-refractivity contribution in [3.05, 3.63) is 11.3 Å². The topological polar surface area (TPSA) is 76.1 Å². The van der Waals surface area contributed by atoms with Crippen LogP contribution < -0.4 is 9.80 Å². The molecule has 3 fully saturated rings. The Morgan fingerprint density at radius 1 is 1.00 bits per heavy atom. The maximum atomic E-state index is 13.3. The van der Waals surface area contributed by atoms with E-state index < -0.39 is 0 Å². The van der Waals surface area contributed by atoms with E-state index in [1.807, 2.05) is 9.80 Å². The molecule has 0 unspecified atom stereocenters. The van der Waals surface area contributed by atoms with Crippen LogP contribution in [0, 0.1) is 0 Å². The normalized spacial score (nSPS) is 23.9. The van der Waals surface area contributed by atoms with E-state index in [-0.39, 0.29) is 17.9 Å². The minimum atomic E-state index is 0.0163. The maximum absolute atomic E-state index is 13.3. The molecule has 9 heteroatoms. The monoisotopic (exact) mass is 455 g/mol. The quantitative estimate of drug-likeness (QED) is 0.667. The van der Waals surface area contributed by atoms with Gasteiger partial charge < -0.3 is 24.5 Å². The van der Waals surface area contributed by atoms with Gasteiger partial charge in [-0.05, 0) is 52.6 Å². The van der Waals surface area contributed by atoms with Gasteiger partial charge in [-0.2, -0.15) is 4.98 Å². The van der Waals surface area contributed by atoms with Crippen LogP contribution in [0.2, 0.25) is 0 Å². The molecule has 0 bridgehead atoms. The predicted octanol–water partition coefficient (Wildman–Crippen LogP) is 1.57. The highest BCUT2D eigenvalue weighted by Crippen LogP contribution is 2.36. The fourth-order valence-electron chi connectivity index (χ4n) is 5.75. The van der Waals surface area contributed by atoms with Gasteiger partial charge in [0.25, 0.3) is 5.91 Å². The number of anilines is 2. The zero-order valence-corrected chi connectivity index (χ0v) is 20.3. The Balaban J connectivity index is 1.47. The molecular weight excluding hydrogens is 418 g/mol. The SMILES string of the molecule is CC(=O)N1CCN(c2nc3c(c(N4CCC[C@@H]4CN4CCCC4)n2)CN(C(C)C)C3=O)CC1. The molecule has 0 saturated carbocycles. The largest absolute Gasteiger partial charge is 0.352 e. The Morgan fingerprint density at radius 2 is 1.73 bits per heavy atom. The lowest BCUT2D eigenvalue weighted by Gasteiger charge is -2.35. The lowest BCUT2D eigenvalue weighted by Crippen LogP contribution is -2.49. The third kappa shape index (κ3) is 4.27. The molecule has 3 saturated heterocycles. The molecule has 2 amide bonds. The molecule has 0 spiro atoms. The Morgan fingerprint density at radius 3 is 2.39 bits per heavy atom. The molecule has 1 aromatic heterocycles. The molecular formula is C24H37N7O2. The van der Waals surface area contributed by atoms with Crippen molar-refractivity contribution in [3.8, 4) is 0 Å². The maximum Gasteiger partial charge on any atom is 0.273 e. The molecule has 0 radical (unpaired) electrons. The first-order valence-electron chi connectivity index (χ1n) is 12.6. The van der Waals surface area contributed by atoms with E-state index in [0.29, 0.717) is 50.4 Å². The summed E-state index contributed by atoms with van der Waals surface area (Å²) in [5, 5.41) is 0. The standard InChI is InChI=1S/C24H37N7O2/c1-17(2)31-16-20-21(23(31)33)25-24(29-13-11-28(12-14-29)18(3)32)26-22(20)30-10-6-7-19(30)15-27-8-4-5-9-27/h17,19H,4-16H2,1-3H3/t19-/m1/s1. The Labute approximate surface area is 196 Å². The highest BCUT2D eigenvalue weighted by molar-refractivity contribution is 5.98. The van der Waals surface area contributed by atoms with Crippen LogP contribution in [0.3, 0.4) is 0 Å². The molecule has 0 aromatic carbocycles. The van der Waals surface area contributed by atoms with E-state index in [9.17, 15) is 9.59 Å². The van der Waals surface area contributed by atoms with Crippen LogP contribution in [0.15, 0.2) is 0 Å². The molecule has 9 nitrogen and oxygen atoms in total. The van der Waals surface area contributed by atoms with Crippen molar-refractivity contribution in [1.82, 2.24) is 24.7 Å². The number of hydrogen-bond acceptors (Lipinski definition) is 7. The van der Waals surface area contributed by atoms with Crippen molar-refractivity contribution >= 4 is 23.6 Å². The van der Waals surface area contributed by atoms with Crippen LogP contribution in [-0.4, -0.2) is 101 Å². The van der Waals surface area contributed by atoms with Gasteiger partial charge in [-0.3, -0.25) is 9.59 Å². The molecule has 5 heterocycles. The fraction of sp³-hybridized carbons (Fsp3) is 0.750. The molecule has 5 rings (SSSR count). The predicted molar refractivity (Wildman–Crippen MR) is 128 cm³/mol. The second kappa shape index (κ2) is 9.08. The number of hydrogen-bond donors (Lipinski definition) is 0. The summed E-state index contributed by atoms with van der Waals surface area (Å²) in [6.07, 6.45) is 4.92. The van der Waals surface area contributed by atoms with Crippen LogP contribution in [0.4, 0.5) is 11.8 Å². The summed E-state index contributed by atoms with van der Waals surface area (Å²) in [6, 6.07) is 0.564. The fourth-order valence-corrected chi connectivity index (χ4v) is 5.75. The van der Waals surface area contributed by atoms with E-state index in [1.165, 1.54) is 32.4 Å². The number of fused-ring (bicyclic) bond motifs is 1. The number of rotatable bonds is 5. The first-order chi connectivity index (χ1) is 15.9. The average Bonchev–Trinajstić information content (AvgIpc) is 3.55. The van der Waals surface area contributed by atoms with Gasteiger partial charge in [0.1, 0.15) is 11.5 Å². The highest BCUT2D eigenvalue weighted by atomic mass is 16.2. The van der Waals surface area contributed by atoms with Gasteiger partial charge in [0, 0.05) is 63.8 Å². The summed E-state index contributed by atoms with van der Waals surface area (Å²) in [6.45, 7) is 13.5. The minimum Gasteiger partial charge on any atom is -0.352 e. The minimum absolute atomic E-state index is 0.0163. The summed E-state index contributed by atoms with van der Waals surface area (Å²) in [7, 11) is 0. The van der Waals surface area contributed by atoms with E-state index in [0.717, 1.165) is 30.9 Å². The van der Waals surface area contributed by atoms with Crippen molar-refractivity contribution in [2.24, 2.45) is 0 Å². The second-order valence-corrected chi connectivity index (χ2v) is 10.2. The zero-order valence-electron chi connectivity index (χ0n) is 20.3. The van der Waals surface area contributed by atoms with Crippen molar-refractivity contribution in [1.29, 1.82) is 0 Å². The third-order valence-corrected chi connectivity index (χ3v) is 7.71. The molecule has 4 aliphatic rings. The Hall–Kier alpha value is -2.42. The van der Waals surface area contributed by atoms with Crippen LogP contribution in [0.1, 0.15) is 62.5 Å². The van der Waals surface area contributed by atoms with Gasteiger partial charge >= 0.3 is 0 Å². The molecule has 0 N–H and O–H groups in total. The number of aromatic nitrogens is 2. The summed E-state index contributed by atoms with van der Waals surface area (Å²) in [5.74, 6) is 1.72. The van der Waals surface area contributed by atoms with Crippen LogP contribution in [-0.2, 0) is 11.3 Å². The first kappa shape index (κ1) is 22.4. The summed E-state index contributed by atoms with van der Waals surface area (Å²) >= 11 is 0. The van der Waals surface area contributed by atoms with Crippen molar-refractivity contribution < 1.29 is 9.59 Å². The number of carbonyl (C=O) groups excluding carboxylic acids is 2. The highest BCUT2D eigenvalue weighted by Gasteiger charge is 2.39. The molecule has 1 aromatic rings. The number of likely N-dealkylation sites (tertiary alicyclic amines) is 1. The van der Waals surface area contributed by atoms with E-state index >= 15 is 0 Å². The van der Waals surface area contributed by atoms with Gasteiger partial charge in [-0.25, -0.2) is 4.98 Å². The van der Waals surface area contributed by atoms with Crippen molar-refractivity contribution in [2.45, 2.75) is 65.1 Å². The van der Waals surface area contributed by atoms with Crippen molar-refractivity contribution in [3.63, 3.8) is 0 Å². The molecule has 33 heavy (non-hydrogen) atoms. The van der Waals surface area contributed by atoms with Gasteiger partial charge in [-0.1, -0.05) is 0 Å². The summed E-state index contributed by atoms with van der Waals surface area (Å²) in [4.78, 5) is 45.9. The number of carbonyl (C=O) groups is 2. The summed E-state index contributed by atoms with van der Waals surface area (Å²) in [5.41, 5.74) is 1.57. The zero-order chi connectivity index (χ0) is 23.1. The van der Waals surface area contributed by atoms with Gasteiger partial charge in [-0.15, -0.1) is 0 Å². The second-order valence-electron chi connectivity index (χ2n) is 10.2. The van der Waals surface area contributed by atoms with E-state index in [2.05, 4.69) is 28.5 Å².